The Kier molecular flexibility index (Phi) is 19.1. The Morgan fingerprint density at radius 2 is 0.773 bits per heavy atom. The Balaban J connectivity index is 4.88. The van der Waals surface area contributed by atoms with Crippen molar-refractivity contribution in [2.75, 3.05) is 0 Å². The molecule has 0 fully saturated rings. The molecule has 0 aromatic carbocycles. The summed E-state index contributed by atoms with van der Waals surface area (Å²) in [4.78, 5) is 11.8. The number of aliphatic hydroxyl groups excluding tert-OH is 1. The second kappa shape index (κ2) is 21.0. The third kappa shape index (κ3) is 21.8. The standard InChI is InChI=1S/C40H54O4/c1-31(19-13-21-33(3)23-15-25-35(5)27-29-37(41)39(7,8)43)17-11-12-18-32(2)20-14-22-34(4)24-16-26-36(6)28-30-38(42)40(9,10)44/h11-30,37,41,43-44H,1-10H3. The topological polar surface area (TPSA) is 77.8 Å². The first-order valence-corrected chi connectivity index (χ1v) is 14.9. The van der Waals surface area contributed by atoms with E-state index >= 15 is 0 Å². The van der Waals surface area contributed by atoms with Crippen LogP contribution in [-0.2, 0) is 4.79 Å². The van der Waals surface area contributed by atoms with E-state index in [1.54, 1.807) is 32.1 Å². The average molecular weight is 599 g/mol. The van der Waals surface area contributed by atoms with Gasteiger partial charge in [0.15, 0.2) is 5.78 Å². The Morgan fingerprint density at radius 1 is 0.477 bits per heavy atom. The number of hydrogen-bond donors (Lipinski definition) is 3. The first-order valence-electron chi connectivity index (χ1n) is 14.9. The van der Waals surface area contributed by atoms with E-state index in [1.807, 2.05) is 101 Å². The molecule has 0 radical (unpaired) electrons. The van der Waals surface area contributed by atoms with Gasteiger partial charge < -0.3 is 15.3 Å². The fraction of sp³-hybridized carbons (Fsp3) is 0.325. The van der Waals surface area contributed by atoms with Gasteiger partial charge in [-0.1, -0.05) is 149 Å². The lowest BCUT2D eigenvalue weighted by Crippen LogP contribution is -2.34. The zero-order valence-corrected chi connectivity index (χ0v) is 28.4. The lowest BCUT2D eigenvalue weighted by atomic mass is 10.0. The molecule has 0 saturated heterocycles. The molecular weight excluding hydrogens is 544 g/mol. The maximum Gasteiger partial charge on any atom is 0.186 e. The number of hydrogen-bond acceptors (Lipinski definition) is 4. The van der Waals surface area contributed by atoms with Crippen LogP contribution < -0.4 is 0 Å². The van der Waals surface area contributed by atoms with Crippen LogP contribution in [0.2, 0.25) is 0 Å². The summed E-state index contributed by atoms with van der Waals surface area (Å²) in [5.74, 6) is -0.322. The van der Waals surface area contributed by atoms with Crippen molar-refractivity contribution in [1.82, 2.24) is 0 Å². The molecule has 0 amide bonds. The van der Waals surface area contributed by atoms with Crippen molar-refractivity contribution in [2.24, 2.45) is 0 Å². The first-order chi connectivity index (χ1) is 20.4. The minimum absolute atomic E-state index is 0.322. The summed E-state index contributed by atoms with van der Waals surface area (Å²) in [6.45, 7) is 18.1. The van der Waals surface area contributed by atoms with E-state index in [0.717, 1.165) is 33.4 Å². The van der Waals surface area contributed by atoms with Gasteiger partial charge in [0.1, 0.15) is 11.7 Å². The molecule has 0 heterocycles. The van der Waals surface area contributed by atoms with E-state index in [-0.39, 0.29) is 5.78 Å². The van der Waals surface area contributed by atoms with Crippen LogP contribution in [0.4, 0.5) is 0 Å². The molecule has 4 heteroatoms. The molecule has 238 valence electrons. The maximum absolute atomic E-state index is 11.8. The van der Waals surface area contributed by atoms with Crippen molar-refractivity contribution in [1.29, 1.82) is 0 Å². The lowest BCUT2D eigenvalue weighted by molar-refractivity contribution is -0.128. The molecule has 0 aliphatic heterocycles. The predicted octanol–water partition coefficient (Wildman–Crippen LogP) is 9.03. The number of ketones is 1. The van der Waals surface area contributed by atoms with Gasteiger partial charge in [0.05, 0.1) is 5.60 Å². The van der Waals surface area contributed by atoms with Crippen LogP contribution in [0.15, 0.2) is 155 Å². The smallest absolute Gasteiger partial charge is 0.186 e. The van der Waals surface area contributed by atoms with Gasteiger partial charge in [-0.25, -0.2) is 0 Å². The molecule has 44 heavy (non-hydrogen) atoms. The molecule has 4 nitrogen and oxygen atoms in total. The second-order valence-corrected chi connectivity index (χ2v) is 12.0. The number of carbonyl (C=O) groups is 1. The van der Waals surface area contributed by atoms with Crippen LogP contribution in [0.25, 0.3) is 0 Å². The third-order valence-electron chi connectivity index (χ3n) is 6.07. The monoisotopic (exact) mass is 598 g/mol. The fourth-order valence-corrected chi connectivity index (χ4v) is 3.04. The molecular formula is C40H54O4. The summed E-state index contributed by atoms with van der Waals surface area (Å²) >= 11 is 0. The molecule has 0 bridgehead atoms. The number of aliphatic hydroxyl groups is 3. The van der Waals surface area contributed by atoms with E-state index in [1.165, 1.54) is 19.9 Å². The Bertz CT molecular complexity index is 1330. The van der Waals surface area contributed by atoms with E-state index in [0.29, 0.717) is 0 Å². The number of carbonyl (C=O) groups excluding carboxylic acids is 1. The SMILES string of the molecule is CC(C=CC=C(C)C=CC=C(C)C=CC(=O)C(C)(C)O)=CC=CC=C(C)C=CC=C(C)C=CC=C(C)C=CC(O)C(C)(C)O. The normalized spacial score (nSPS) is 16.9. The summed E-state index contributed by atoms with van der Waals surface area (Å²) in [5, 5.41) is 29.3. The van der Waals surface area contributed by atoms with E-state index in [4.69, 9.17) is 0 Å². The summed E-state index contributed by atoms with van der Waals surface area (Å²) in [7, 11) is 0. The zero-order valence-electron chi connectivity index (χ0n) is 28.4. The number of allylic oxidation sites excluding steroid dienone is 24. The van der Waals surface area contributed by atoms with Crippen molar-refractivity contribution in [3.63, 3.8) is 0 Å². The van der Waals surface area contributed by atoms with Gasteiger partial charge in [0.25, 0.3) is 0 Å². The molecule has 0 aliphatic rings. The average Bonchev–Trinajstić information content (AvgIpc) is 2.91. The highest BCUT2D eigenvalue weighted by atomic mass is 16.3. The summed E-state index contributed by atoms with van der Waals surface area (Å²) < 4.78 is 0. The minimum Gasteiger partial charge on any atom is -0.387 e. The third-order valence-corrected chi connectivity index (χ3v) is 6.07. The van der Waals surface area contributed by atoms with Crippen LogP contribution in [0.3, 0.4) is 0 Å². The largest absolute Gasteiger partial charge is 0.387 e. The Morgan fingerprint density at radius 3 is 1.09 bits per heavy atom. The molecule has 0 saturated carbocycles. The molecule has 1 atom stereocenters. The summed E-state index contributed by atoms with van der Waals surface area (Å²) in [6.07, 6.45) is 37.8. The van der Waals surface area contributed by atoms with Crippen LogP contribution >= 0.6 is 0 Å². The van der Waals surface area contributed by atoms with Gasteiger partial charge in [-0.05, 0) is 75.3 Å². The minimum atomic E-state index is -1.35. The fourth-order valence-electron chi connectivity index (χ4n) is 3.04. The van der Waals surface area contributed by atoms with Gasteiger partial charge in [0, 0.05) is 0 Å². The molecule has 0 aliphatic carbocycles. The van der Waals surface area contributed by atoms with Gasteiger partial charge in [-0.3, -0.25) is 4.79 Å². The van der Waals surface area contributed by atoms with Crippen LogP contribution in [0.1, 0.15) is 69.2 Å². The number of rotatable bonds is 16. The molecule has 3 N–H and O–H groups in total. The summed E-state index contributed by atoms with van der Waals surface area (Å²) in [5.41, 5.74) is 3.86. The highest BCUT2D eigenvalue weighted by Crippen LogP contribution is 2.11. The molecule has 0 aromatic rings. The Hall–Kier alpha value is -3.83. The van der Waals surface area contributed by atoms with E-state index in [2.05, 4.69) is 38.2 Å². The van der Waals surface area contributed by atoms with E-state index in [9.17, 15) is 20.1 Å². The van der Waals surface area contributed by atoms with Crippen LogP contribution in [0, 0.1) is 0 Å². The predicted molar refractivity (Wildman–Crippen MR) is 190 cm³/mol. The van der Waals surface area contributed by atoms with Crippen molar-refractivity contribution < 1.29 is 20.1 Å². The van der Waals surface area contributed by atoms with Crippen molar-refractivity contribution in [3.05, 3.63) is 155 Å². The molecule has 0 aromatic heterocycles. The van der Waals surface area contributed by atoms with Crippen LogP contribution in [-0.4, -0.2) is 38.4 Å². The second-order valence-electron chi connectivity index (χ2n) is 12.0. The highest BCUT2D eigenvalue weighted by Gasteiger charge is 2.21. The van der Waals surface area contributed by atoms with Gasteiger partial charge in [0.2, 0.25) is 0 Å². The van der Waals surface area contributed by atoms with Gasteiger partial charge in [-0.2, -0.15) is 0 Å². The quantitative estimate of drug-likeness (QED) is 0.122. The zero-order chi connectivity index (χ0) is 33.8. The van der Waals surface area contributed by atoms with Gasteiger partial charge in [-0.15, -0.1) is 0 Å². The first kappa shape index (κ1) is 40.2. The maximum atomic E-state index is 11.8. The van der Waals surface area contributed by atoms with E-state index < -0.39 is 17.3 Å². The summed E-state index contributed by atoms with van der Waals surface area (Å²) in [6, 6.07) is 0. The van der Waals surface area contributed by atoms with Crippen molar-refractivity contribution in [2.45, 2.75) is 86.5 Å². The van der Waals surface area contributed by atoms with Crippen molar-refractivity contribution in [3.8, 4) is 0 Å². The molecule has 0 rings (SSSR count). The molecule has 0 spiro atoms. The lowest BCUT2D eigenvalue weighted by Gasteiger charge is -2.21. The van der Waals surface area contributed by atoms with Crippen molar-refractivity contribution >= 4 is 5.78 Å². The molecule has 1 unspecified atom stereocenters. The van der Waals surface area contributed by atoms with Crippen LogP contribution in [0.5, 0.6) is 0 Å². The Labute approximate surface area is 267 Å². The van der Waals surface area contributed by atoms with Gasteiger partial charge >= 0.3 is 0 Å². The highest BCUT2D eigenvalue weighted by molar-refractivity contribution is 5.96.